The van der Waals surface area contributed by atoms with E-state index >= 15 is 0 Å². The van der Waals surface area contributed by atoms with E-state index in [-0.39, 0.29) is 17.2 Å². The van der Waals surface area contributed by atoms with Crippen molar-refractivity contribution >= 4 is 5.69 Å². The van der Waals surface area contributed by atoms with Crippen molar-refractivity contribution in [2.45, 2.75) is 51.4 Å². The summed E-state index contributed by atoms with van der Waals surface area (Å²) in [6.45, 7) is 9.71. The summed E-state index contributed by atoms with van der Waals surface area (Å²) in [5.41, 5.74) is 0.786. The van der Waals surface area contributed by atoms with Crippen molar-refractivity contribution in [3.05, 3.63) is 24.3 Å². The first-order chi connectivity index (χ1) is 9.82. The van der Waals surface area contributed by atoms with Crippen LogP contribution in [0.4, 0.5) is 5.69 Å². The van der Waals surface area contributed by atoms with Gasteiger partial charge in [-0.3, -0.25) is 0 Å². The lowest BCUT2D eigenvalue weighted by molar-refractivity contribution is -0.0662. The van der Waals surface area contributed by atoms with Gasteiger partial charge in [-0.1, -0.05) is 6.07 Å². The van der Waals surface area contributed by atoms with Crippen LogP contribution in [0.1, 0.15) is 34.1 Å². The van der Waals surface area contributed by atoms with Crippen LogP contribution < -0.4 is 10.1 Å². The van der Waals surface area contributed by atoms with E-state index in [4.69, 9.17) is 14.2 Å². The van der Waals surface area contributed by atoms with Gasteiger partial charge in [0.15, 0.2) is 0 Å². The number of anilines is 1. The molecule has 118 valence electrons. The van der Waals surface area contributed by atoms with E-state index in [1.807, 2.05) is 18.2 Å². The molecule has 0 aromatic heterocycles. The minimum absolute atomic E-state index is 0.0895. The molecule has 0 radical (unpaired) electrons. The monoisotopic (exact) mass is 293 g/mol. The molecule has 0 bridgehead atoms. The molecule has 1 unspecified atom stereocenters. The number of ether oxygens (including phenoxy) is 3. The lowest BCUT2D eigenvalue weighted by Gasteiger charge is -2.28. The topological polar surface area (TPSA) is 39.7 Å². The third-order valence-electron chi connectivity index (χ3n) is 3.81. The van der Waals surface area contributed by atoms with Crippen LogP contribution in [0.3, 0.4) is 0 Å². The van der Waals surface area contributed by atoms with E-state index in [2.05, 4.69) is 39.1 Å². The van der Waals surface area contributed by atoms with Gasteiger partial charge in [-0.05, 0) is 46.2 Å². The summed E-state index contributed by atoms with van der Waals surface area (Å²) in [5.74, 6) is 0.855. The Bertz CT molecular complexity index is 471. The fourth-order valence-electron chi connectivity index (χ4n) is 2.91. The van der Waals surface area contributed by atoms with Crippen molar-refractivity contribution in [3.8, 4) is 5.75 Å². The van der Waals surface area contributed by atoms with Crippen LogP contribution >= 0.6 is 0 Å². The first-order valence-electron chi connectivity index (χ1n) is 7.51. The summed E-state index contributed by atoms with van der Waals surface area (Å²) in [7, 11) is 1.67. The fraction of sp³-hybridized carbons (Fsp3) is 0.647. The van der Waals surface area contributed by atoms with E-state index in [1.54, 1.807) is 7.11 Å². The lowest BCUT2D eigenvalue weighted by Crippen LogP contribution is -2.38. The predicted molar refractivity (Wildman–Crippen MR) is 85.1 cm³/mol. The first-order valence-corrected chi connectivity index (χ1v) is 7.51. The van der Waals surface area contributed by atoms with Crippen molar-refractivity contribution in [2.75, 3.05) is 25.6 Å². The normalized spacial score (nSPS) is 23.0. The largest absolute Gasteiger partial charge is 0.491 e. The van der Waals surface area contributed by atoms with Crippen molar-refractivity contribution in [2.24, 2.45) is 0 Å². The number of rotatable bonds is 6. The second-order valence-electron chi connectivity index (χ2n) is 6.74. The van der Waals surface area contributed by atoms with Gasteiger partial charge >= 0.3 is 0 Å². The maximum Gasteiger partial charge on any atom is 0.121 e. The number of methoxy groups -OCH3 is 1. The van der Waals surface area contributed by atoms with Gasteiger partial charge in [0.2, 0.25) is 0 Å². The van der Waals surface area contributed by atoms with Gasteiger partial charge in [-0.25, -0.2) is 0 Å². The van der Waals surface area contributed by atoms with Gasteiger partial charge in [0.05, 0.1) is 23.9 Å². The molecule has 4 heteroatoms. The Morgan fingerprint density at radius 3 is 2.62 bits per heavy atom. The quantitative estimate of drug-likeness (QED) is 0.815. The SMILES string of the molecule is COCCOc1cccc(NC2CC(C)(C)OC2(C)C)c1. The average molecular weight is 293 g/mol. The van der Waals surface area contributed by atoms with Crippen molar-refractivity contribution < 1.29 is 14.2 Å². The molecule has 0 aliphatic carbocycles. The molecule has 0 amide bonds. The molecule has 1 atom stereocenters. The summed E-state index contributed by atoms with van der Waals surface area (Å²) in [6, 6.07) is 8.32. The molecule has 21 heavy (non-hydrogen) atoms. The third kappa shape index (κ3) is 4.35. The zero-order valence-electron chi connectivity index (χ0n) is 13.7. The number of hydrogen-bond donors (Lipinski definition) is 1. The molecule has 1 aliphatic heterocycles. The van der Waals surface area contributed by atoms with Crippen LogP contribution in [0.15, 0.2) is 24.3 Å². The molecule has 0 saturated carbocycles. The molecule has 1 heterocycles. The van der Waals surface area contributed by atoms with Gasteiger partial charge in [-0.15, -0.1) is 0 Å². The summed E-state index contributed by atoms with van der Waals surface area (Å²) in [4.78, 5) is 0. The van der Waals surface area contributed by atoms with E-state index in [0.29, 0.717) is 13.2 Å². The van der Waals surface area contributed by atoms with Gasteiger partial charge in [-0.2, -0.15) is 0 Å². The highest BCUT2D eigenvalue weighted by Crippen LogP contribution is 2.39. The van der Waals surface area contributed by atoms with Crippen molar-refractivity contribution in [1.82, 2.24) is 0 Å². The lowest BCUT2D eigenvalue weighted by atomic mass is 9.94. The molecule has 1 aliphatic rings. The standard InChI is InChI=1S/C17H27NO3/c1-16(2)12-15(17(3,4)21-16)18-13-7-6-8-14(11-13)20-10-9-19-5/h6-8,11,15,18H,9-10,12H2,1-5H3. The maximum atomic E-state index is 6.12. The van der Waals surface area contributed by atoms with Crippen LogP contribution in [-0.2, 0) is 9.47 Å². The van der Waals surface area contributed by atoms with Crippen LogP contribution in [0, 0.1) is 0 Å². The summed E-state index contributed by atoms with van der Waals surface area (Å²) in [5, 5.41) is 3.58. The molecule has 1 fully saturated rings. The zero-order valence-corrected chi connectivity index (χ0v) is 13.7. The second kappa shape index (κ2) is 6.24. The molecule has 1 aromatic carbocycles. The Kier molecular flexibility index (Phi) is 4.79. The second-order valence-corrected chi connectivity index (χ2v) is 6.74. The van der Waals surface area contributed by atoms with Gasteiger partial charge in [0.1, 0.15) is 12.4 Å². The first kappa shape index (κ1) is 16.1. The van der Waals surface area contributed by atoms with Crippen LogP contribution in [-0.4, -0.2) is 37.6 Å². The highest BCUT2D eigenvalue weighted by atomic mass is 16.5. The highest BCUT2D eigenvalue weighted by molar-refractivity contribution is 5.49. The Morgan fingerprint density at radius 2 is 2.00 bits per heavy atom. The summed E-state index contributed by atoms with van der Waals surface area (Å²) >= 11 is 0. The maximum absolute atomic E-state index is 6.12. The van der Waals surface area contributed by atoms with Crippen LogP contribution in [0.2, 0.25) is 0 Å². The molecule has 4 nitrogen and oxygen atoms in total. The van der Waals surface area contributed by atoms with Crippen molar-refractivity contribution in [1.29, 1.82) is 0 Å². The molecular weight excluding hydrogens is 266 g/mol. The van der Waals surface area contributed by atoms with Gasteiger partial charge < -0.3 is 19.5 Å². The Labute approximate surface area is 127 Å². The minimum atomic E-state index is -0.184. The zero-order chi connectivity index (χ0) is 15.5. The molecule has 1 aromatic rings. The van der Waals surface area contributed by atoms with Crippen LogP contribution in [0.25, 0.3) is 0 Å². The van der Waals surface area contributed by atoms with Gasteiger partial charge in [0, 0.05) is 18.9 Å². The molecular formula is C17H27NO3. The fourth-order valence-corrected chi connectivity index (χ4v) is 2.91. The van der Waals surface area contributed by atoms with E-state index in [0.717, 1.165) is 17.9 Å². The number of benzene rings is 1. The Hall–Kier alpha value is -1.26. The number of nitrogens with one attached hydrogen (secondary N) is 1. The molecule has 0 spiro atoms. The smallest absolute Gasteiger partial charge is 0.121 e. The number of hydrogen-bond acceptors (Lipinski definition) is 4. The summed E-state index contributed by atoms with van der Waals surface area (Å²) < 4.78 is 16.8. The average Bonchev–Trinajstić information content (AvgIpc) is 2.58. The summed E-state index contributed by atoms with van der Waals surface area (Å²) in [6.07, 6.45) is 0.981. The van der Waals surface area contributed by atoms with Gasteiger partial charge in [0.25, 0.3) is 0 Å². The van der Waals surface area contributed by atoms with E-state index in [9.17, 15) is 0 Å². The molecule has 1 N–H and O–H groups in total. The molecule has 1 saturated heterocycles. The van der Waals surface area contributed by atoms with Crippen molar-refractivity contribution in [3.63, 3.8) is 0 Å². The molecule has 2 rings (SSSR count). The van der Waals surface area contributed by atoms with Crippen LogP contribution in [0.5, 0.6) is 5.75 Å². The highest BCUT2D eigenvalue weighted by Gasteiger charge is 2.45. The van der Waals surface area contributed by atoms with E-state index in [1.165, 1.54) is 0 Å². The van der Waals surface area contributed by atoms with E-state index < -0.39 is 0 Å². The Morgan fingerprint density at radius 1 is 1.24 bits per heavy atom. The Balaban J connectivity index is 2.01. The predicted octanol–water partition coefficient (Wildman–Crippen LogP) is 3.47. The minimum Gasteiger partial charge on any atom is -0.491 e. The third-order valence-corrected chi connectivity index (χ3v) is 3.81.